The Morgan fingerprint density at radius 2 is 0.914 bits per heavy atom. The number of benzene rings is 9. The van der Waals surface area contributed by atoms with Gasteiger partial charge in [0.05, 0.1) is 16.6 Å². The second kappa shape index (κ2) is 12.9. The van der Waals surface area contributed by atoms with Crippen LogP contribution in [0.25, 0.3) is 116 Å². The maximum Gasteiger partial charge on any atom is 0.162 e. The fourth-order valence-corrected chi connectivity index (χ4v) is 8.97. The summed E-state index contributed by atoms with van der Waals surface area (Å²) in [7, 11) is 0. The Labute approximate surface area is 333 Å². The first-order valence-electron chi connectivity index (χ1n) is 19.7. The van der Waals surface area contributed by atoms with Crippen molar-refractivity contribution in [3.8, 4) is 50.8 Å². The molecule has 0 unspecified atom stereocenters. The molecule has 0 N–H and O–H groups in total. The summed E-state index contributed by atoms with van der Waals surface area (Å²) in [6, 6.07) is 70.7. The lowest BCUT2D eigenvalue weighted by atomic mass is 9.90. The average Bonchev–Trinajstić information content (AvgIpc) is 3.90. The van der Waals surface area contributed by atoms with E-state index < -0.39 is 0 Å². The van der Waals surface area contributed by atoms with Crippen LogP contribution in [-0.4, -0.2) is 14.5 Å². The van der Waals surface area contributed by atoms with Gasteiger partial charge in [0.1, 0.15) is 17.3 Å². The van der Waals surface area contributed by atoms with Crippen molar-refractivity contribution in [3.05, 3.63) is 200 Å². The minimum atomic E-state index is 0.772. The number of furan rings is 1. The monoisotopic (exact) mass is 739 g/mol. The molecule has 270 valence electrons. The summed E-state index contributed by atoms with van der Waals surface area (Å²) >= 11 is 0. The van der Waals surface area contributed by atoms with E-state index in [-0.39, 0.29) is 0 Å². The van der Waals surface area contributed by atoms with E-state index in [0.29, 0.717) is 0 Å². The Hall–Kier alpha value is -7.82. The molecule has 3 heterocycles. The third-order valence-corrected chi connectivity index (χ3v) is 11.6. The first kappa shape index (κ1) is 32.4. The lowest BCUT2D eigenvalue weighted by Crippen LogP contribution is -1.97. The third-order valence-electron chi connectivity index (χ3n) is 11.6. The van der Waals surface area contributed by atoms with Crippen LogP contribution < -0.4 is 0 Å². The van der Waals surface area contributed by atoms with E-state index in [2.05, 4.69) is 187 Å². The van der Waals surface area contributed by atoms with E-state index in [1.165, 1.54) is 32.3 Å². The molecule has 4 heteroatoms. The standard InChI is InChI=1S/C54H33N3O/c1-3-15-34(16-4-1)51-53-50(44-23-11-12-24-46(44)55-51)49(37-31-32-43-41-21-8-7-19-39(41)40-20-9-10-22-42(40)45(43)33-37)52(58-53)35-27-29-36(30-28-35)54-56-47-25-13-14-26-48(47)57(54)38-17-5-2-6-18-38/h1-33H. The fraction of sp³-hybridized carbons (Fsp3) is 0. The Morgan fingerprint density at radius 1 is 0.379 bits per heavy atom. The van der Waals surface area contributed by atoms with Crippen LogP contribution in [0.5, 0.6) is 0 Å². The lowest BCUT2D eigenvalue weighted by Gasteiger charge is -2.13. The molecule has 0 fully saturated rings. The molecule has 9 aromatic carbocycles. The van der Waals surface area contributed by atoms with Crippen molar-refractivity contribution >= 4 is 65.2 Å². The predicted molar refractivity (Wildman–Crippen MR) is 240 cm³/mol. The molecule has 12 aromatic rings. The zero-order chi connectivity index (χ0) is 38.2. The molecule has 0 saturated heterocycles. The number of hydrogen-bond acceptors (Lipinski definition) is 3. The molecule has 0 aliphatic rings. The van der Waals surface area contributed by atoms with E-state index >= 15 is 0 Å². The molecule has 0 spiro atoms. The van der Waals surface area contributed by atoms with Crippen molar-refractivity contribution < 1.29 is 4.42 Å². The van der Waals surface area contributed by atoms with Crippen molar-refractivity contribution in [1.29, 1.82) is 0 Å². The number of para-hydroxylation sites is 4. The molecule has 4 nitrogen and oxygen atoms in total. The quantitative estimate of drug-likeness (QED) is 0.165. The van der Waals surface area contributed by atoms with E-state index in [4.69, 9.17) is 14.4 Å². The van der Waals surface area contributed by atoms with Gasteiger partial charge in [0.2, 0.25) is 0 Å². The van der Waals surface area contributed by atoms with E-state index in [9.17, 15) is 0 Å². The molecule has 0 bridgehead atoms. The maximum atomic E-state index is 7.21. The number of fused-ring (bicyclic) bond motifs is 10. The van der Waals surface area contributed by atoms with Gasteiger partial charge in [0, 0.05) is 38.7 Å². The summed E-state index contributed by atoms with van der Waals surface area (Å²) in [6.07, 6.45) is 0. The first-order chi connectivity index (χ1) is 28.8. The largest absolute Gasteiger partial charge is 0.453 e. The van der Waals surface area contributed by atoms with Gasteiger partial charge in [-0.1, -0.05) is 164 Å². The van der Waals surface area contributed by atoms with Crippen LogP contribution in [0.3, 0.4) is 0 Å². The Balaban J connectivity index is 1.14. The van der Waals surface area contributed by atoms with Crippen LogP contribution in [0.4, 0.5) is 0 Å². The van der Waals surface area contributed by atoms with Crippen LogP contribution in [0.1, 0.15) is 0 Å². The van der Waals surface area contributed by atoms with Gasteiger partial charge in [-0.3, -0.25) is 4.57 Å². The number of imidazole rings is 1. The normalized spacial score (nSPS) is 11.8. The Bertz CT molecular complexity index is 3510. The van der Waals surface area contributed by atoms with Crippen molar-refractivity contribution in [3.63, 3.8) is 0 Å². The van der Waals surface area contributed by atoms with E-state index in [0.717, 1.165) is 83.7 Å². The van der Waals surface area contributed by atoms with Crippen molar-refractivity contribution in [2.45, 2.75) is 0 Å². The van der Waals surface area contributed by atoms with Crippen LogP contribution in [0, 0.1) is 0 Å². The van der Waals surface area contributed by atoms with Crippen molar-refractivity contribution in [2.24, 2.45) is 0 Å². The second-order valence-corrected chi connectivity index (χ2v) is 14.9. The number of nitrogens with zero attached hydrogens (tertiary/aromatic N) is 3. The molecule has 0 amide bonds. The highest BCUT2D eigenvalue weighted by Crippen LogP contribution is 2.48. The van der Waals surface area contributed by atoms with Gasteiger partial charge in [0.25, 0.3) is 0 Å². The van der Waals surface area contributed by atoms with E-state index in [1.54, 1.807) is 0 Å². The van der Waals surface area contributed by atoms with Crippen LogP contribution in [0.2, 0.25) is 0 Å². The molecule has 3 aromatic heterocycles. The number of hydrogen-bond donors (Lipinski definition) is 0. The van der Waals surface area contributed by atoms with E-state index in [1.807, 2.05) is 18.2 Å². The van der Waals surface area contributed by atoms with Gasteiger partial charge < -0.3 is 4.42 Å². The average molecular weight is 740 g/mol. The Morgan fingerprint density at radius 3 is 1.62 bits per heavy atom. The third kappa shape index (κ3) is 4.95. The smallest absolute Gasteiger partial charge is 0.162 e. The van der Waals surface area contributed by atoms with Crippen molar-refractivity contribution in [1.82, 2.24) is 14.5 Å². The molecule has 0 aliphatic carbocycles. The molecule has 0 aliphatic heterocycles. The molecule has 58 heavy (non-hydrogen) atoms. The van der Waals surface area contributed by atoms with Gasteiger partial charge in [-0.2, -0.15) is 0 Å². The predicted octanol–water partition coefficient (Wildman–Crippen LogP) is 14.4. The summed E-state index contributed by atoms with van der Waals surface area (Å²) in [5, 5.41) is 9.54. The molecular weight excluding hydrogens is 707 g/mol. The fourth-order valence-electron chi connectivity index (χ4n) is 8.97. The molecular formula is C54H33N3O. The molecule has 0 saturated carbocycles. The highest BCUT2D eigenvalue weighted by molar-refractivity contribution is 6.26. The minimum absolute atomic E-state index is 0.772. The SMILES string of the molecule is c1ccc(-c2nc3ccccc3c3c(-c4ccc5c6ccccc6c6ccccc6c5c4)c(-c4ccc(-c5nc6ccccc6n5-c5ccccc5)cc4)oc23)cc1. The zero-order valence-corrected chi connectivity index (χ0v) is 31.3. The summed E-state index contributed by atoms with van der Waals surface area (Å²) in [6.45, 7) is 0. The van der Waals surface area contributed by atoms with Gasteiger partial charge in [-0.05, 0) is 74.3 Å². The molecule has 0 atom stereocenters. The number of rotatable bonds is 5. The number of pyridine rings is 1. The highest BCUT2D eigenvalue weighted by atomic mass is 16.3. The molecule has 0 radical (unpaired) electrons. The summed E-state index contributed by atoms with van der Waals surface area (Å²) in [4.78, 5) is 10.4. The van der Waals surface area contributed by atoms with Crippen molar-refractivity contribution in [2.75, 3.05) is 0 Å². The zero-order valence-electron chi connectivity index (χ0n) is 31.3. The highest BCUT2D eigenvalue weighted by Gasteiger charge is 2.25. The van der Waals surface area contributed by atoms with Gasteiger partial charge in [0.15, 0.2) is 5.58 Å². The first-order valence-corrected chi connectivity index (χ1v) is 19.7. The van der Waals surface area contributed by atoms with Crippen LogP contribution >= 0.6 is 0 Å². The van der Waals surface area contributed by atoms with Gasteiger partial charge in [-0.25, -0.2) is 9.97 Å². The topological polar surface area (TPSA) is 43.9 Å². The summed E-state index contributed by atoms with van der Waals surface area (Å²) in [5.74, 6) is 1.69. The number of aromatic nitrogens is 3. The summed E-state index contributed by atoms with van der Waals surface area (Å²) < 4.78 is 9.45. The maximum absolute atomic E-state index is 7.21. The van der Waals surface area contributed by atoms with Crippen LogP contribution in [0.15, 0.2) is 205 Å². The van der Waals surface area contributed by atoms with Crippen LogP contribution in [-0.2, 0) is 0 Å². The van der Waals surface area contributed by atoms with Gasteiger partial charge in [-0.15, -0.1) is 0 Å². The second-order valence-electron chi connectivity index (χ2n) is 14.9. The summed E-state index contributed by atoms with van der Waals surface area (Å²) in [5.41, 5.74) is 10.8. The van der Waals surface area contributed by atoms with Gasteiger partial charge >= 0.3 is 0 Å². The Kier molecular flexibility index (Phi) is 7.20. The molecule has 12 rings (SSSR count). The lowest BCUT2D eigenvalue weighted by molar-refractivity contribution is 0.632. The minimum Gasteiger partial charge on any atom is -0.453 e.